The van der Waals surface area contributed by atoms with Gasteiger partial charge in [0.25, 0.3) is 0 Å². The zero-order valence-corrected chi connectivity index (χ0v) is 12.1. The number of carbonyl (C=O) groups is 1. The smallest absolute Gasteiger partial charge is 0.340 e. The minimum absolute atomic E-state index is 0.230. The molecule has 1 aromatic carbocycles. The summed E-state index contributed by atoms with van der Waals surface area (Å²) in [6.07, 6.45) is 2.46. The van der Waals surface area contributed by atoms with Gasteiger partial charge in [-0.15, -0.1) is 0 Å². The van der Waals surface area contributed by atoms with Gasteiger partial charge < -0.3 is 24.9 Å². The van der Waals surface area contributed by atoms with E-state index in [1.54, 1.807) is 31.5 Å². The summed E-state index contributed by atoms with van der Waals surface area (Å²) in [5.41, 5.74) is 7.66. The fourth-order valence-electron chi connectivity index (χ4n) is 1.99. The largest absolute Gasteiger partial charge is 0.460 e. The molecular weight excluding hydrogens is 272 g/mol. The van der Waals surface area contributed by atoms with E-state index in [9.17, 15) is 4.79 Å². The monoisotopic (exact) mass is 292 g/mol. The van der Waals surface area contributed by atoms with Crippen LogP contribution in [0.15, 0.2) is 24.4 Å². The first kappa shape index (κ1) is 15.3. The molecule has 0 saturated heterocycles. The Hall–Kier alpha value is -2.05. The number of esters is 1. The number of H-pyrrole nitrogens is 1. The number of fused-ring (bicyclic) bond motifs is 1. The Bertz CT molecular complexity index is 594. The third-order valence-electron chi connectivity index (χ3n) is 3.02. The third kappa shape index (κ3) is 4.21. The van der Waals surface area contributed by atoms with Crippen molar-refractivity contribution < 1.29 is 19.0 Å². The lowest BCUT2D eigenvalue weighted by Gasteiger charge is -2.05. The number of nitrogens with one attached hydrogen (secondary N) is 1. The lowest BCUT2D eigenvalue weighted by molar-refractivity contribution is 0.0290. The molecule has 0 aliphatic carbocycles. The quantitative estimate of drug-likeness (QED) is 0.441. The molecule has 2 rings (SSSR count). The van der Waals surface area contributed by atoms with E-state index in [-0.39, 0.29) is 12.6 Å². The molecule has 1 aromatic heterocycles. The van der Waals surface area contributed by atoms with Gasteiger partial charge in [-0.2, -0.15) is 0 Å². The fraction of sp³-hybridized carbons (Fsp3) is 0.400. The average Bonchev–Trinajstić information content (AvgIpc) is 2.89. The van der Waals surface area contributed by atoms with Crippen molar-refractivity contribution in [2.75, 3.05) is 39.3 Å². The van der Waals surface area contributed by atoms with Crippen LogP contribution in [0.25, 0.3) is 10.9 Å². The van der Waals surface area contributed by atoms with E-state index in [2.05, 4.69) is 4.98 Å². The highest BCUT2D eigenvalue weighted by molar-refractivity contribution is 6.04. The van der Waals surface area contributed by atoms with Gasteiger partial charge in [-0.05, 0) is 24.6 Å². The van der Waals surface area contributed by atoms with Crippen LogP contribution < -0.4 is 5.73 Å². The van der Waals surface area contributed by atoms with E-state index < -0.39 is 0 Å². The second-order valence-corrected chi connectivity index (χ2v) is 4.60. The van der Waals surface area contributed by atoms with Crippen LogP contribution in [0.4, 0.5) is 5.69 Å². The third-order valence-corrected chi connectivity index (χ3v) is 3.02. The number of anilines is 1. The summed E-state index contributed by atoms with van der Waals surface area (Å²) in [5.74, 6) is -0.369. The SMILES string of the molecule is COCCCOCCOC(=O)c1c[nH]c2cc(N)ccc12. The molecular formula is C15H20N2O4. The average molecular weight is 292 g/mol. The van der Waals surface area contributed by atoms with E-state index >= 15 is 0 Å². The maximum absolute atomic E-state index is 12.0. The van der Waals surface area contributed by atoms with Crippen LogP contribution in [0.3, 0.4) is 0 Å². The zero-order chi connectivity index (χ0) is 15.1. The molecule has 3 N–H and O–H groups in total. The molecule has 0 saturated carbocycles. The highest BCUT2D eigenvalue weighted by atomic mass is 16.6. The van der Waals surface area contributed by atoms with Crippen LogP contribution >= 0.6 is 0 Å². The molecule has 0 amide bonds. The van der Waals surface area contributed by atoms with Crippen LogP contribution in [0.1, 0.15) is 16.8 Å². The lowest BCUT2D eigenvalue weighted by atomic mass is 10.1. The van der Waals surface area contributed by atoms with Gasteiger partial charge in [0.2, 0.25) is 0 Å². The van der Waals surface area contributed by atoms with Gasteiger partial charge in [0.05, 0.1) is 12.2 Å². The van der Waals surface area contributed by atoms with Gasteiger partial charge in [0.15, 0.2) is 0 Å². The second kappa shape index (κ2) is 7.66. The van der Waals surface area contributed by atoms with Gasteiger partial charge in [0, 0.05) is 43.1 Å². The first-order valence-corrected chi connectivity index (χ1v) is 6.83. The molecule has 6 nitrogen and oxygen atoms in total. The molecule has 0 bridgehead atoms. The van der Waals surface area contributed by atoms with Crippen molar-refractivity contribution >= 4 is 22.6 Å². The number of hydrogen-bond donors (Lipinski definition) is 2. The molecule has 0 radical (unpaired) electrons. The van der Waals surface area contributed by atoms with Gasteiger partial charge in [0.1, 0.15) is 6.61 Å². The number of hydrogen-bond acceptors (Lipinski definition) is 5. The summed E-state index contributed by atoms with van der Waals surface area (Å²) < 4.78 is 15.4. The summed E-state index contributed by atoms with van der Waals surface area (Å²) >= 11 is 0. The number of rotatable bonds is 8. The molecule has 0 aliphatic rings. The van der Waals surface area contributed by atoms with Crippen molar-refractivity contribution in [2.24, 2.45) is 0 Å². The standard InChI is InChI=1S/C15H20N2O4/c1-19-5-2-6-20-7-8-21-15(18)13-10-17-14-9-11(16)3-4-12(13)14/h3-4,9-10,17H,2,5-8,16H2,1H3. The Balaban J connectivity index is 1.80. The molecule has 0 spiro atoms. The number of aromatic amines is 1. The number of nitrogen functional groups attached to an aromatic ring is 1. The first-order chi connectivity index (χ1) is 10.2. The van der Waals surface area contributed by atoms with Crippen molar-refractivity contribution in [3.63, 3.8) is 0 Å². The number of nitrogens with two attached hydrogens (primary N) is 1. The molecule has 1 heterocycles. The van der Waals surface area contributed by atoms with Crippen LogP contribution in [0.5, 0.6) is 0 Å². The van der Waals surface area contributed by atoms with E-state index in [1.807, 2.05) is 0 Å². The summed E-state index contributed by atoms with van der Waals surface area (Å²) in [6.45, 7) is 1.87. The summed E-state index contributed by atoms with van der Waals surface area (Å²) in [7, 11) is 1.65. The van der Waals surface area contributed by atoms with E-state index in [0.717, 1.165) is 17.3 Å². The van der Waals surface area contributed by atoms with Crippen LogP contribution in [-0.4, -0.2) is 44.5 Å². The molecule has 0 atom stereocenters. The van der Waals surface area contributed by atoms with Crippen LogP contribution in [-0.2, 0) is 14.2 Å². The van der Waals surface area contributed by atoms with Gasteiger partial charge in [-0.1, -0.05) is 0 Å². The van der Waals surface area contributed by atoms with Crippen molar-refractivity contribution in [3.05, 3.63) is 30.0 Å². The number of methoxy groups -OCH3 is 1. The van der Waals surface area contributed by atoms with E-state index in [4.69, 9.17) is 19.9 Å². The number of aromatic nitrogens is 1. The lowest BCUT2D eigenvalue weighted by Crippen LogP contribution is -2.11. The Morgan fingerprint density at radius 1 is 1.24 bits per heavy atom. The van der Waals surface area contributed by atoms with Gasteiger partial charge in [-0.25, -0.2) is 4.79 Å². The summed E-state index contributed by atoms with van der Waals surface area (Å²) in [4.78, 5) is 15.0. The normalized spacial score (nSPS) is 10.9. The minimum Gasteiger partial charge on any atom is -0.460 e. The molecule has 0 aliphatic heterocycles. The van der Waals surface area contributed by atoms with Crippen molar-refractivity contribution in [1.82, 2.24) is 4.98 Å². The Morgan fingerprint density at radius 2 is 2.10 bits per heavy atom. The fourth-order valence-corrected chi connectivity index (χ4v) is 1.99. The van der Waals surface area contributed by atoms with Crippen LogP contribution in [0.2, 0.25) is 0 Å². The van der Waals surface area contributed by atoms with Crippen molar-refractivity contribution in [3.8, 4) is 0 Å². The van der Waals surface area contributed by atoms with E-state index in [1.165, 1.54) is 0 Å². The molecule has 21 heavy (non-hydrogen) atoms. The van der Waals surface area contributed by atoms with Gasteiger partial charge in [-0.3, -0.25) is 0 Å². The second-order valence-electron chi connectivity index (χ2n) is 4.60. The van der Waals surface area contributed by atoms with E-state index in [0.29, 0.717) is 31.1 Å². The maximum atomic E-state index is 12.0. The summed E-state index contributed by atoms with van der Waals surface area (Å²) in [5, 5.41) is 0.801. The predicted octanol–water partition coefficient (Wildman–Crippen LogP) is 1.96. The maximum Gasteiger partial charge on any atom is 0.340 e. The first-order valence-electron chi connectivity index (χ1n) is 6.83. The molecule has 114 valence electrons. The predicted molar refractivity (Wildman–Crippen MR) is 80.3 cm³/mol. The molecule has 0 unspecified atom stereocenters. The van der Waals surface area contributed by atoms with Crippen LogP contribution in [0, 0.1) is 0 Å². The highest BCUT2D eigenvalue weighted by Crippen LogP contribution is 2.21. The Kier molecular flexibility index (Phi) is 5.59. The summed E-state index contributed by atoms with van der Waals surface area (Å²) in [6, 6.07) is 5.34. The molecule has 0 fully saturated rings. The highest BCUT2D eigenvalue weighted by Gasteiger charge is 2.13. The van der Waals surface area contributed by atoms with Crippen molar-refractivity contribution in [1.29, 1.82) is 0 Å². The number of ether oxygens (including phenoxy) is 3. The number of carbonyl (C=O) groups excluding carboxylic acids is 1. The Labute approximate surface area is 123 Å². The van der Waals surface area contributed by atoms with Gasteiger partial charge >= 0.3 is 5.97 Å². The minimum atomic E-state index is -0.369. The van der Waals surface area contributed by atoms with Crippen molar-refractivity contribution in [2.45, 2.75) is 6.42 Å². The molecule has 2 aromatic rings. The topological polar surface area (TPSA) is 86.6 Å². The zero-order valence-electron chi connectivity index (χ0n) is 12.1. The number of benzene rings is 1. The Morgan fingerprint density at radius 3 is 2.90 bits per heavy atom. The molecule has 6 heteroatoms.